The fraction of sp³-hybridized carbons (Fsp3) is 0.828. The molecule has 0 bridgehead atoms. The molecule has 15 atom stereocenters. The average Bonchev–Trinajstić information content (AvgIpc) is 1.64. The average molecular weight is 1730 g/mol. The van der Waals surface area contributed by atoms with Crippen molar-refractivity contribution in [2.45, 2.75) is 419 Å². The van der Waals surface area contributed by atoms with Crippen molar-refractivity contribution in [3.05, 3.63) is 25.3 Å². The van der Waals surface area contributed by atoms with Crippen molar-refractivity contribution in [3.8, 4) is 0 Å². The predicted octanol–water partition coefficient (Wildman–Crippen LogP) is 16.8. The number of carbonyl (C=O) groups excluding carboxylic acids is 12. The molecular weight excluding hydrogens is 1570 g/mol. The first-order chi connectivity index (χ1) is 55.7. The molecule has 5 fully saturated rings. The van der Waals surface area contributed by atoms with Crippen LogP contribution in [0.25, 0.3) is 0 Å². The number of ether oxygens (including phenoxy) is 9. The third kappa shape index (κ3) is 44.2. The van der Waals surface area contributed by atoms with Gasteiger partial charge in [0, 0.05) is 38.8 Å². The van der Waals surface area contributed by atoms with E-state index in [4.69, 9.17) is 42.6 Å². The number of esters is 4. The van der Waals surface area contributed by atoms with Crippen LogP contribution in [0.1, 0.15) is 324 Å². The lowest BCUT2D eigenvalue weighted by atomic mass is 9.80. The first kappa shape index (κ1) is 112. The van der Waals surface area contributed by atoms with E-state index in [-0.39, 0.29) is 109 Å². The number of alkyl carbamates (subject to hydrolysis) is 5. The van der Waals surface area contributed by atoms with Crippen LogP contribution in [0.5, 0.6) is 0 Å². The summed E-state index contributed by atoms with van der Waals surface area (Å²) in [7, 11) is 0. The third-order valence-corrected chi connectivity index (χ3v) is 20.2. The van der Waals surface area contributed by atoms with Crippen molar-refractivity contribution in [2.75, 3.05) is 13.1 Å². The Morgan fingerprint density at radius 2 is 0.836 bits per heavy atom. The highest BCUT2D eigenvalue weighted by Gasteiger charge is 2.52. The van der Waals surface area contributed by atoms with Gasteiger partial charge in [0.1, 0.15) is 64.7 Å². The van der Waals surface area contributed by atoms with Gasteiger partial charge in [0.2, 0.25) is 11.8 Å². The molecule has 5 heterocycles. The van der Waals surface area contributed by atoms with Gasteiger partial charge in [-0.05, 0) is 236 Å². The van der Waals surface area contributed by atoms with Gasteiger partial charge in [-0.1, -0.05) is 116 Å². The molecule has 5 saturated heterocycles. The number of aldehydes is 1. The van der Waals surface area contributed by atoms with Crippen molar-refractivity contribution in [1.29, 1.82) is 0 Å². The molecule has 0 aromatic heterocycles. The van der Waals surface area contributed by atoms with Gasteiger partial charge in [0.15, 0.2) is 0 Å². The maximum Gasteiger partial charge on any atom is 0.408 e. The summed E-state index contributed by atoms with van der Waals surface area (Å²) in [4.78, 5) is 147. The number of nitrogens with zero attached hydrogens (tertiary/aromatic N) is 1. The minimum atomic E-state index is -0.919. The molecule has 0 radical (unpaired) electrons. The van der Waals surface area contributed by atoms with Crippen LogP contribution in [0.2, 0.25) is 0 Å². The van der Waals surface area contributed by atoms with Crippen molar-refractivity contribution in [2.24, 2.45) is 63.6 Å². The first-order valence-electron chi connectivity index (χ1n) is 44.4. The maximum atomic E-state index is 13.6. The van der Waals surface area contributed by atoms with Crippen LogP contribution in [-0.2, 0) is 76.2 Å². The number of nitrogens with one attached hydrogen (secondary N) is 6. The van der Waals surface area contributed by atoms with Gasteiger partial charge in [-0.3, -0.25) is 28.8 Å². The summed E-state index contributed by atoms with van der Waals surface area (Å²) in [6, 6.07) is -2.05. The van der Waals surface area contributed by atoms with Crippen LogP contribution >= 0.6 is 0 Å². The summed E-state index contributed by atoms with van der Waals surface area (Å²) in [5.41, 5.74) is -5.05. The van der Waals surface area contributed by atoms with Crippen LogP contribution in [0.4, 0.5) is 24.0 Å². The summed E-state index contributed by atoms with van der Waals surface area (Å²) in [6.07, 6.45) is 8.25. The number of aliphatic hydroxyl groups is 1. The van der Waals surface area contributed by atoms with Crippen LogP contribution in [0, 0.1) is 63.6 Å². The zero-order valence-corrected chi connectivity index (χ0v) is 80.8. The van der Waals surface area contributed by atoms with E-state index in [0.29, 0.717) is 113 Å². The molecule has 5 aliphatic heterocycles. The quantitative estimate of drug-likeness (QED) is 0.0136. The molecule has 7 N–H and O–H groups in total. The Morgan fingerprint density at radius 3 is 1.16 bits per heavy atom. The third-order valence-electron chi connectivity index (χ3n) is 20.2. The number of carbonyl (C=O) groups is 12. The van der Waals surface area contributed by atoms with E-state index >= 15 is 0 Å². The van der Waals surface area contributed by atoms with E-state index < -0.39 is 99.0 Å². The standard InChI is InChI=1S/C27H51N3O5.C18H31NO4.C17H29NO5.C17H29NO4.C14H25NO4/c1-17(2)13-20(29-25(34)35-26(7,8)9)22(31)15-27(10)11-12-30(24(27)33)21(14-18(3)4)23(32)28-16-19(5)6;1-8-9-18(7)11-14(22-15(18)20)13(10-12(2)3)19-16(21)23-17(4,5)6;1-11(2)9-12(18-15(21)23-16(3,4)5)13-10-17(6,7-8-19)14(20)22-13;1-7-8-12-10-14(21-15(12)19)13(9-11(2)3)18-16(20)22-17(4,5)6;1-9(2)8-10(11-6-7-12(16)18-11)15-13(17)19-14(3,4)5/h17-22,31H,11-16H2,1-10H3,(H,28,32)(H,29,34);8,12-14H,1,9-11H2,2-7H3,(H,19,21);8,11-13H,7,9-10H2,1-6H3,(H,18,21);7,11-14H,1,8-10H2,2-6H3,(H,18,20);9-11H,6-8H2,1-5H3,(H,15,17)/t20-,21-,22-,27-;13-,14-,18-;12-,13-,17-;12?,13-,14-;10-,11-/m00000/s1. The Kier molecular flexibility index (Phi) is 45.9. The second kappa shape index (κ2) is 49.8. The lowest BCUT2D eigenvalue weighted by molar-refractivity contribution is -0.150. The number of rotatable bonds is 34. The SMILES string of the molecule is C=CCC1C[C@@H]([C@H](CC(C)C)NC(=O)OC(C)(C)C)OC1=O.C=CC[C@@]1(C)C[C@@H]([C@H](CC(C)C)NC(=O)OC(C)(C)C)OC1=O.CC(C)CNC(=O)[C@H](CC(C)C)N1CC[C@@](C)(C[C@H](O)[C@H](CC(C)C)NC(=O)OC(C)(C)C)C1=O.CC(C)C[C@H](NC(=O)OC(C)(C)C)[C@@H]1CCC(=O)O1.CC(C)C[C@H](NC(=O)OC(C)(C)C)[C@@H]1C[C@](C)(CC=O)C(=O)O1. The number of allylic oxidation sites excluding steroid dienone is 2. The van der Waals surface area contributed by atoms with Crippen LogP contribution < -0.4 is 31.9 Å². The second-order valence-electron chi connectivity index (χ2n) is 42.6. The summed E-state index contributed by atoms with van der Waals surface area (Å²) < 4.78 is 48.3. The Bertz CT molecular complexity index is 3270. The van der Waals surface area contributed by atoms with E-state index in [0.717, 1.165) is 25.5 Å². The number of hydrogen-bond acceptors (Lipinski definition) is 22. The monoisotopic (exact) mass is 1730 g/mol. The summed E-state index contributed by atoms with van der Waals surface area (Å²) >= 11 is 0. The second-order valence-corrected chi connectivity index (χ2v) is 42.6. The van der Waals surface area contributed by atoms with Gasteiger partial charge in [0.05, 0.1) is 58.5 Å². The molecule has 5 aliphatic rings. The van der Waals surface area contributed by atoms with E-state index in [9.17, 15) is 62.6 Å². The zero-order chi connectivity index (χ0) is 94.4. The Labute approximate surface area is 732 Å². The highest BCUT2D eigenvalue weighted by atomic mass is 16.6. The van der Waals surface area contributed by atoms with E-state index in [1.165, 1.54) is 0 Å². The van der Waals surface area contributed by atoms with Gasteiger partial charge in [-0.25, -0.2) is 24.0 Å². The van der Waals surface area contributed by atoms with Crippen LogP contribution in [0.3, 0.4) is 0 Å². The molecule has 7 amide bonds. The summed E-state index contributed by atoms with van der Waals surface area (Å²) in [5.74, 6) is 0.879. The lowest BCUT2D eigenvalue weighted by Gasteiger charge is -2.33. The van der Waals surface area contributed by atoms with Crippen LogP contribution in [-0.4, -0.2) is 190 Å². The molecule has 0 aromatic rings. The van der Waals surface area contributed by atoms with Gasteiger partial charge in [-0.15, -0.1) is 13.2 Å². The molecule has 704 valence electrons. The van der Waals surface area contributed by atoms with Gasteiger partial charge in [0.25, 0.3) is 0 Å². The number of hydrogen-bond donors (Lipinski definition) is 7. The van der Waals surface area contributed by atoms with Crippen LogP contribution in [0.15, 0.2) is 25.3 Å². The molecule has 29 heteroatoms. The highest BCUT2D eigenvalue weighted by Crippen LogP contribution is 2.42. The molecule has 29 nitrogen and oxygen atoms in total. The topological polar surface area (TPSA) is 384 Å². The van der Waals surface area contributed by atoms with Gasteiger partial charge < -0.3 is 89.3 Å². The first-order valence-corrected chi connectivity index (χ1v) is 44.4. The largest absolute Gasteiger partial charge is 0.460 e. The fourth-order valence-corrected chi connectivity index (χ4v) is 14.7. The molecule has 5 rings (SSSR count). The molecule has 0 saturated carbocycles. The molecule has 1 unspecified atom stereocenters. The molecule has 0 spiro atoms. The maximum absolute atomic E-state index is 13.6. The molecule has 0 aliphatic carbocycles. The Hall–Kier alpha value is -7.72. The van der Waals surface area contributed by atoms with Crippen molar-refractivity contribution in [3.63, 3.8) is 0 Å². The number of aliphatic hydroxyl groups excluding tert-OH is 1. The zero-order valence-electron chi connectivity index (χ0n) is 80.8. The molecule has 0 aromatic carbocycles. The lowest BCUT2D eigenvalue weighted by Crippen LogP contribution is -2.51. The summed E-state index contributed by atoms with van der Waals surface area (Å²) in [6.45, 7) is 69.7. The Morgan fingerprint density at radius 1 is 0.475 bits per heavy atom. The Balaban J connectivity index is 0.000000776. The highest BCUT2D eigenvalue weighted by molar-refractivity contribution is 5.91. The number of amides is 7. The van der Waals surface area contributed by atoms with E-state index in [2.05, 4.69) is 86.6 Å². The van der Waals surface area contributed by atoms with Gasteiger partial charge >= 0.3 is 54.3 Å². The smallest absolute Gasteiger partial charge is 0.408 e. The minimum Gasteiger partial charge on any atom is -0.460 e. The van der Waals surface area contributed by atoms with E-state index in [1.807, 2.05) is 132 Å². The van der Waals surface area contributed by atoms with Gasteiger partial charge in [-0.2, -0.15) is 0 Å². The minimum absolute atomic E-state index is 0.109. The molecule has 122 heavy (non-hydrogen) atoms. The van der Waals surface area contributed by atoms with E-state index in [1.54, 1.807) is 65.5 Å². The summed E-state index contributed by atoms with van der Waals surface area (Å²) in [5, 5.41) is 28.4. The number of cyclic esters (lactones) is 4. The van der Waals surface area contributed by atoms with Crippen molar-refractivity contribution in [1.82, 2.24) is 36.8 Å². The fourth-order valence-electron chi connectivity index (χ4n) is 14.7. The normalized spacial score (nSPS) is 23.4. The predicted molar refractivity (Wildman–Crippen MR) is 472 cm³/mol. The number of likely N-dealkylation sites (tertiary alicyclic amines) is 1. The van der Waals surface area contributed by atoms with Crippen molar-refractivity contribution < 1.29 is 105 Å². The van der Waals surface area contributed by atoms with Crippen molar-refractivity contribution >= 4 is 72.4 Å². The molecular formula is C93H165N7O22.